The SMILES string of the molecule is Cc1ccc(C)c(C(=O)c2c[nH]c3cc(Cl)cc(Cl)c23)c1. The largest absolute Gasteiger partial charge is 0.360 e. The van der Waals surface area contributed by atoms with E-state index in [9.17, 15) is 4.79 Å². The molecule has 0 saturated carbocycles. The fourth-order valence-electron chi connectivity index (χ4n) is 2.49. The topological polar surface area (TPSA) is 32.9 Å². The van der Waals surface area contributed by atoms with Crippen molar-refractivity contribution in [2.24, 2.45) is 0 Å². The average Bonchev–Trinajstić information content (AvgIpc) is 2.84. The summed E-state index contributed by atoms with van der Waals surface area (Å²) in [6.45, 7) is 3.90. The van der Waals surface area contributed by atoms with Crippen LogP contribution in [0.1, 0.15) is 27.0 Å². The number of H-pyrrole nitrogens is 1. The number of carbonyl (C=O) groups is 1. The second-order valence-corrected chi connectivity index (χ2v) is 6.00. The fraction of sp³-hybridized carbons (Fsp3) is 0.118. The van der Waals surface area contributed by atoms with Crippen LogP contribution in [0.25, 0.3) is 10.9 Å². The van der Waals surface area contributed by atoms with Gasteiger partial charge in [0.05, 0.1) is 5.02 Å². The molecule has 2 nitrogen and oxygen atoms in total. The molecular weight excluding hydrogens is 305 g/mol. The first kappa shape index (κ1) is 14.2. The number of hydrogen-bond donors (Lipinski definition) is 1. The maximum absolute atomic E-state index is 12.8. The van der Waals surface area contributed by atoms with Gasteiger partial charge in [0.1, 0.15) is 0 Å². The van der Waals surface area contributed by atoms with Crippen LogP contribution in [0, 0.1) is 13.8 Å². The molecule has 0 aliphatic carbocycles. The molecule has 1 N–H and O–H groups in total. The predicted molar refractivity (Wildman–Crippen MR) is 87.7 cm³/mol. The third-order valence-electron chi connectivity index (χ3n) is 3.58. The second-order valence-electron chi connectivity index (χ2n) is 5.16. The van der Waals surface area contributed by atoms with Crippen LogP contribution in [-0.2, 0) is 0 Å². The number of nitrogens with one attached hydrogen (secondary N) is 1. The van der Waals surface area contributed by atoms with Gasteiger partial charge in [-0.3, -0.25) is 4.79 Å². The van der Waals surface area contributed by atoms with Crippen LogP contribution >= 0.6 is 23.2 Å². The van der Waals surface area contributed by atoms with Crippen molar-refractivity contribution in [3.05, 3.63) is 68.8 Å². The highest BCUT2D eigenvalue weighted by atomic mass is 35.5. The molecule has 0 unspecified atom stereocenters. The number of halogens is 2. The number of aromatic amines is 1. The summed E-state index contributed by atoms with van der Waals surface area (Å²) in [4.78, 5) is 15.9. The third-order valence-corrected chi connectivity index (χ3v) is 4.09. The molecule has 106 valence electrons. The number of aromatic nitrogens is 1. The molecule has 1 heterocycles. The van der Waals surface area contributed by atoms with Crippen LogP contribution in [0.15, 0.2) is 36.5 Å². The van der Waals surface area contributed by atoms with Crippen molar-refractivity contribution in [2.75, 3.05) is 0 Å². The highest BCUT2D eigenvalue weighted by molar-refractivity contribution is 6.40. The lowest BCUT2D eigenvalue weighted by molar-refractivity contribution is 0.103. The van der Waals surface area contributed by atoms with Gasteiger partial charge in [-0.2, -0.15) is 0 Å². The van der Waals surface area contributed by atoms with Crippen molar-refractivity contribution in [1.29, 1.82) is 0 Å². The minimum atomic E-state index is -0.0355. The third kappa shape index (κ3) is 2.45. The number of carbonyl (C=O) groups excluding carboxylic acids is 1. The molecule has 0 amide bonds. The lowest BCUT2D eigenvalue weighted by Gasteiger charge is -2.06. The van der Waals surface area contributed by atoms with Gasteiger partial charge in [0.15, 0.2) is 5.78 Å². The molecule has 3 rings (SSSR count). The Bertz CT molecular complexity index is 865. The zero-order chi connectivity index (χ0) is 15.1. The smallest absolute Gasteiger partial charge is 0.195 e. The highest BCUT2D eigenvalue weighted by Crippen LogP contribution is 2.32. The quantitative estimate of drug-likeness (QED) is 0.637. The summed E-state index contributed by atoms with van der Waals surface area (Å²) in [6, 6.07) is 9.27. The normalized spacial score (nSPS) is 11.0. The Hall–Kier alpha value is -1.77. The molecule has 0 aliphatic heterocycles. The van der Waals surface area contributed by atoms with E-state index in [4.69, 9.17) is 23.2 Å². The number of rotatable bonds is 2. The zero-order valence-electron chi connectivity index (χ0n) is 11.6. The van der Waals surface area contributed by atoms with Gasteiger partial charge in [-0.15, -0.1) is 0 Å². The van der Waals surface area contributed by atoms with Crippen LogP contribution in [0.3, 0.4) is 0 Å². The van der Waals surface area contributed by atoms with E-state index < -0.39 is 0 Å². The predicted octanol–water partition coefficient (Wildman–Crippen LogP) is 5.32. The monoisotopic (exact) mass is 317 g/mol. The summed E-state index contributed by atoms with van der Waals surface area (Å²) in [5.41, 5.74) is 4.03. The Labute approximate surface area is 132 Å². The van der Waals surface area contributed by atoms with E-state index in [2.05, 4.69) is 4.98 Å². The molecule has 0 aliphatic rings. The van der Waals surface area contributed by atoms with Gasteiger partial charge >= 0.3 is 0 Å². The Balaban J connectivity index is 2.21. The van der Waals surface area contributed by atoms with Gasteiger partial charge in [0, 0.05) is 33.2 Å². The Morgan fingerprint density at radius 1 is 1.05 bits per heavy atom. The van der Waals surface area contributed by atoms with Crippen molar-refractivity contribution >= 4 is 39.9 Å². The first-order chi connectivity index (χ1) is 9.97. The van der Waals surface area contributed by atoms with E-state index in [0.29, 0.717) is 26.6 Å². The summed E-state index contributed by atoms with van der Waals surface area (Å²) in [7, 11) is 0. The standard InChI is InChI=1S/C17H13Cl2NO/c1-9-3-4-10(2)12(5-9)17(21)13-8-20-15-7-11(18)6-14(19)16(13)15/h3-8,20H,1-2H3. The fourth-order valence-corrected chi connectivity index (χ4v) is 3.08. The van der Waals surface area contributed by atoms with Gasteiger partial charge in [-0.1, -0.05) is 40.9 Å². The van der Waals surface area contributed by atoms with Crippen LogP contribution in [-0.4, -0.2) is 10.8 Å². The van der Waals surface area contributed by atoms with Crippen molar-refractivity contribution in [3.63, 3.8) is 0 Å². The molecular formula is C17H13Cl2NO. The maximum atomic E-state index is 12.8. The molecule has 0 spiro atoms. The summed E-state index contributed by atoms with van der Waals surface area (Å²) in [5.74, 6) is -0.0355. The zero-order valence-corrected chi connectivity index (χ0v) is 13.1. The number of benzene rings is 2. The Morgan fingerprint density at radius 2 is 1.81 bits per heavy atom. The molecule has 1 aromatic heterocycles. The van der Waals surface area contributed by atoms with Crippen molar-refractivity contribution < 1.29 is 4.79 Å². The summed E-state index contributed by atoms with van der Waals surface area (Å²) in [5, 5.41) is 1.74. The van der Waals surface area contributed by atoms with E-state index >= 15 is 0 Å². The average molecular weight is 318 g/mol. The molecule has 3 aromatic rings. The van der Waals surface area contributed by atoms with E-state index in [0.717, 1.165) is 16.6 Å². The summed E-state index contributed by atoms with van der Waals surface area (Å²) in [6.07, 6.45) is 1.69. The molecule has 0 atom stereocenters. The first-order valence-corrected chi connectivity index (χ1v) is 7.31. The lowest BCUT2D eigenvalue weighted by Crippen LogP contribution is -2.03. The van der Waals surface area contributed by atoms with Crippen LogP contribution < -0.4 is 0 Å². The van der Waals surface area contributed by atoms with Gasteiger partial charge < -0.3 is 4.98 Å². The van der Waals surface area contributed by atoms with Crippen molar-refractivity contribution in [1.82, 2.24) is 4.98 Å². The van der Waals surface area contributed by atoms with E-state index in [1.807, 2.05) is 32.0 Å². The molecule has 0 fully saturated rings. The summed E-state index contributed by atoms with van der Waals surface area (Å²) < 4.78 is 0. The summed E-state index contributed by atoms with van der Waals surface area (Å²) >= 11 is 12.2. The van der Waals surface area contributed by atoms with E-state index in [-0.39, 0.29) is 5.78 Å². The molecule has 2 aromatic carbocycles. The number of ketones is 1. The molecule has 4 heteroatoms. The number of hydrogen-bond acceptors (Lipinski definition) is 1. The highest BCUT2D eigenvalue weighted by Gasteiger charge is 2.18. The molecule has 0 radical (unpaired) electrons. The minimum Gasteiger partial charge on any atom is -0.360 e. The lowest BCUT2D eigenvalue weighted by atomic mass is 9.97. The number of fused-ring (bicyclic) bond motifs is 1. The van der Waals surface area contributed by atoms with Gasteiger partial charge in [0.2, 0.25) is 0 Å². The molecule has 0 saturated heterocycles. The maximum Gasteiger partial charge on any atom is 0.195 e. The van der Waals surface area contributed by atoms with Gasteiger partial charge in [-0.25, -0.2) is 0 Å². The molecule has 21 heavy (non-hydrogen) atoms. The van der Waals surface area contributed by atoms with Crippen molar-refractivity contribution in [3.8, 4) is 0 Å². The Morgan fingerprint density at radius 3 is 2.57 bits per heavy atom. The Kier molecular flexibility index (Phi) is 3.52. The van der Waals surface area contributed by atoms with Crippen LogP contribution in [0.2, 0.25) is 10.0 Å². The van der Waals surface area contributed by atoms with Crippen LogP contribution in [0.5, 0.6) is 0 Å². The van der Waals surface area contributed by atoms with E-state index in [1.165, 1.54) is 0 Å². The minimum absolute atomic E-state index is 0.0355. The van der Waals surface area contributed by atoms with E-state index in [1.54, 1.807) is 18.3 Å². The number of aryl methyl sites for hydroxylation is 2. The first-order valence-electron chi connectivity index (χ1n) is 6.55. The molecule has 0 bridgehead atoms. The van der Waals surface area contributed by atoms with Crippen molar-refractivity contribution in [2.45, 2.75) is 13.8 Å². The van der Waals surface area contributed by atoms with Crippen LogP contribution in [0.4, 0.5) is 0 Å². The second kappa shape index (κ2) is 5.21. The van der Waals surface area contributed by atoms with Gasteiger partial charge in [0.25, 0.3) is 0 Å². The van der Waals surface area contributed by atoms with Gasteiger partial charge in [-0.05, 0) is 37.6 Å².